The van der Waals surface area contributed by atoms with Crippen molar-refractivity contribution in [3.63, 3.8) is 0 Å². The minimum atomic E-state index is -0.409. The number of carbonyl (C=O) groups excluding carboxylic acids is 2. The van der Waals surface area contributed by atoms with Gasteiger partial charge in [-0.15, -0.1) is 0 Å². The number of hydrogen-bond donors (Lipinski definition) is 2. The van der Waals surface area contributed by atoms with Crippen LogP contribution in [0.15, 0.2) is 24.3 Å². The lowest BCUT2D eigenvalue weighted by atomic mass is 10.1. The van der Waals surface area contributed by atoms with Gasteiger partial charge in [0.15, 0.2) is 0 Å². The molecule has 1 aliphatic rings. The number of rotatable bonds is 6. The van der Waals surface area contributed by atoms with Gasteiger partial charge < -0.3 is 16.0 Å². The highest BCUT2D eigenvalue weighted by Crippen LogP contribution is 2.17. The van der Waals surface area contributed by atoms with Gasteiger partial charge in [0.2, 0.25) is 11.8 Å². The van der Waals surface area contributed by atoms with Crippen LogP contribution in [0.2, 0.25) is 0 Å². The van der Waals surface area contributed by atoms with E-state index in [-0.39, 0.29) is 5.91 Å². The summed E-state index contributed by atoms with van der Waals surface area (Å²) >= 11 is 0. The first-order chi connectivity index (χ1) is 11.0. The summed E-state index contributed by atoms with van der Waals surface area (Å²) < 4.78 is 0. The lowest BCUT2D eigenvalue weighted by molar-refractivity contribution is -0.122. The van der Waals surface area contributed by atoms with E-state index in [0.717, 1.165) is 38.4 Å². The highest BCUT2D eigenvalue weighted by molar-refractivity contribution is 5.93. The number of hydrogen-bond acceptors (Lipinski definition) is 4. The molecule has 0 saturated carbocycles. The molecular formula is C17H26N4O2. The molecule has 3 N–H and O–H groups in total. The second kappa shape index (κ2) is 7.97. The summed E-state index contributed by atoms with van der Waals surface area (Å²) in [5, 5.41) is 2.95. The predicted molar refractivity (Wildman–Crippen MR) is 91.5 cm³/mol. The van der Waals surface area contributed by atoms with Crippen molar-refractivity contribution in [2.75, 3.05) is 44.2 Å². The number of nitrogens with zero attached hydrogens (tertiary/aromatic N) is 2. The van der Waals surface area contributed by atoms with Crippen LogP contribution in [-0.2, 0) is 4.79 Å². The first-order valence-corrected chi connectivity index (χ1v) is 8.09. The van der Waals surface area contributed by atoms with Gasteiger partial charge in [-0.05, 0) is 30.2 Å². The third kappa shape index (κ3) is 5.25. The fraction of sp³-hybridized carbons (Fsp3) is 0.529. The molecule has 1 aromatic rings. The molecule has 23 heavy (non-hydrogen) atoms. The molecule has 0 radical (unpaired) electrons. The molecule has 1 heterocycles. The van der Waals surface area contributed by atoms with Crippen molar-refractivity contribution in [1.29, 1.82) is 0 Å². The predicted octanol–water partition coefficient (Wildman–Crippen LogP) is 0.680. The minimum absolute atomic E-state index is 0.0953. The molecule has 2 amide bonds. The third-order valence-corrected chi connectivity index (χ3v) is 3.96. The Morgan fingerprint density at radius 1 is 1.13 bits per heavy atom. The molecule has 0 bridgehead atoms. The molecule has 6 heteroatoms. The number of benzene rings is 1. The standard InChI is InChI=1S/C17H26N4O2/c1-13(2)11-19-16(22)12-20-7-9-21(10-8-20)15-5-3-14(4-6-15)17(18)23/h3-6,13H,7-12H2,1-2H3,(H2,18,23)(H,19,22). The Labute approximate surface area is 137 Å². The molecule has 0 aliphatic carbocycles. The highest BCUT2D eigenvalue weighted by Gasteiger charge is 2.19. The van der Waals surface area contributed by atoms with E-state index < -0.39 is 5.91 Å². The van der Waals surface area contributed by atoms with Gasteiger partial charge in [0.05, 0.1) is 6.54 Å². The summed E-state index contributed by atoms with van der Waals surface area (Å²) in [5.41, 5.74) is 6.86. The van der Waals surface area contributed by atoms with E-state index in [4.69, 9.17) is 5.73 Å². The van der Waals surface area contributed by atoms with Gasteiger partial charge >= 0.3 is 0 Å². The molecule has 1 aliphatic heterocycles. The topological polar surface area (TPSA) is 78.7 Å². The quantitative estimate of drug-likeness (QED) is 0.808. The lowest BCUT2D eigenvalue weighted by Gasteiger charge is -2.35. The van der Waals surface area contributed by atoms with Crippen LogP contribution >= 0.6 is 0 Å². The molecule has 0 spiro atoms. The van der Waals surface area contributed by atoms with Gasteiger partial charge in [0.25, 0.3) is 0 Å². The van der Waals surface area contributed by atoms with Crippen molar-refractivity contribution in [3.05, 3.63) is 29.8 Å². The summed E-state index contributed by atoms with van der Waals surface area (Å²) in [4.78, 5) is 27.4. The Hall–Kier alpha value is -2.08. The van der Waals surface area contributed by atoms with Crippen molar-refractivity contribution < 1.29 is 9.59 Å². The lowest BCUT2D eigenvalue weighted by Crippen LogP contribution is -2.49. The monoisotopic (exact) mass is 318 g/mol. The smallest absolute Gasteiger partial charge is 0.248 e. The van der Waals surface area contributed by atoms with Crippen LogP contribution in [-0.4, -0.2) is 56.0 Å². The van der Waals surface area contributed by atoms with Crippen molar-refractivity contribution >= 4 is 17.5 Å². The molecule has 1 aromatic carbocycles. The second-order valence-corrected chi connectivity index (χ2v) is 6.37. The van der Waals surface area contributed by atoms with Crippen LogP contribution in [0.1, 0.15) is 24.2 Å². The average Bonchev–Trinajstić information content (AvgIpc) is 2.54. The Morgan fingerprint density at radius 3 is 2.26 bits per heavy atom. The largest absolute Gasteiger partial charge is 0.369 e. The minimum Gasteiger partial charge on any atom is -0.369 e. The maximum Gasteiger partial charge on any atom is 0.248 e. The fourth-order valence-electron chi connectivity index (χ4n) is 2.58. The molecule has 1 saturated heterocycles. The van der Waals surface area contributed by atoms with Crippen LogP contribution in [0.5, 0.6) is 0 Å². The molecule has 6 nitrogen and oxygen atoms in total. The zero-order valence-electron chi connectivity index (χ0n) is 13.9. The molecule has 0 unspecified atom stereocenters. The molecular weight excluding hydrogens is 292 g/mol. The van der Waals surface area contributed by atoms with E-state index in [9.17, 15) is 9.59 Å². The van der Waals surface area contributed by atoms with Crippen molar-refractivity contribution in [1.82, 2.24) is 10.2 Å². The Morgan fingerprint density at radius 2 is 1.74 bits per heavy atom. The number of amides is 2. The Balaban J connectivity index is 1.79. The van der Waals surface area contributed by atoms with Crippen molar-refractivity contribution in [2.45, 2.75) is 13.8 Å². The number of primary amides is 1. The summed E-state index contributed by atoms with van der Waals surface area (Å²) in [6, 6.07) is 7.35. The molecule has 126 valence electrons. The number of piperazine rings is 1. The summed E-state index contributed by atoms with van der Waals surface area (Å²) in [6.07, 6.45) is 0. The summed E-state index contributed by atoms with van der Waals surface area (Å²) in [6.45, 7) is 8.80. The first-order valence-electron chi connectivity index (χ1n) is 8.09. The van der Waals surface area contributed by atoms with Crippen molar-refractivity contribution in [2.24, 2.45) is 11.7 Å². The van der Waals surface area contributed by atoms with E-state index in [1.165, 1.54) is 0 Å². The zero-order chi connectivity index (χ0) is 16.8. The van der Waals surface area contributed by atoms with Gasteiger partial charge in [-0.25, -0.2) is 0 Å². The van der Waals surface area contributed by atoms with E-state index in [1.54, 1.807) is 12.1 Å². The maximum atomic E-state index is 11.9. The third-order valence-electron chi connectivity index (χ3n) is 3.96. The Bertz CT molecular complexity index is 534. The number of nitrogens with one attached hydrogen (secondary N) is 1. The molecule has 0 atom stereocenters. The van der Waals surface area contributed by atoms with Crippen LogP contribution in [0.25, 0.3) is 0 Å². The van der Waals surface area contributed by atoms with Gasteiger partial charge in [0.1, 0.15) is 0 Å². The fourth-order valence-corrected chi connectivity index (χ4v) is 2.58. The summed E-state index contributed by atoms with van der Waals surface area (Å²) in [7, 11) is 0. The second-order valence-electron chi connectivity index (χ2n) is 6.37. The van der Waals surface area contributed by atoms with Gasteiger partial charge in [-0.1, -0.05) is 13.8 Å². The molecule has 2 rings (SSSR count). The van der Waals surface area contributed by atoms with Crippen molar-refractivity contribution in [3.8, 4) is 0 Å². The zero-order valence-corrected chi connectivity index (χ0v) is 13.9. The maximum absolute atomic E-state index is 11.9. The number of anilines is 1. The molecule has 0 aromatic heterocycles. The van der Waals surface area contributed by atoms with Crippen LogP contribution in [0.3, 0.4) is 0 Å². The normalized spacial score (nSPS) is 15.7. The SMILES string of the molecule is CC(C)CNC(=O)CN1CCN(c2ccc(C(N)=O)cc2)CC1. The highest BCUT2D eigenvalue weighted by atomic mass is 16.2. The van der Waals surface area contributed by atoms with E-state index in [2.05, 4.69) is 29.0 Å². The Kier molecular flexibility index (Phi) is 5.98. The van der Waals surface area contributed by atoms with Crippen LogP contribution < -0.4 is 16.0 Å². The van der Waals surface area contributed by atoms with E-state index in [0.29, 0.717) is 18.0 Å². The first kappa shape index (κ1) is 17.3. The van der Waals surface area contributed by atoms with Gasteiger partial charge in [-0.2, -0.15) is 0 Å². The van der Waals surface area contributed by atoms with Crippen LogP contribution in [0.4, 0.5) is 5.69 Å². The van der Waals surface area contributed by atoms with Gasteiger partial charge in [0, 0.05) is 44.0 Å². The van der Waals surface area contributed by atoms with E-state index in [1.807, 2.05) is 12.1 Å². The van der Waals surface area contributed by atoms with E-state index >= 15 is 0 Å². The van der Waals surface area contributed by atoms with Crippen LogP contribution in [0, 0.1) is 5.92 Å². The number of nitrogens with two attached hydrogens (primary N) is 1. The molecule has 1 fully saturated rings. The summed E-state index contributed by atoms with van der Waals surface area (Å²) in [5.74, 6) is 0.158. The number of carbonyl (C=O) groups is 2. The van der Waals surface area contributed by atoms with Gasteiger partial charge in [-0.3, -0.25) is 14.5 Å². The average molecular weight is 318 g/mol.